The van der Waals surface area contributed by atoms with Gasteiger partial charge in [-0.05, 0) is 36.5 Å². The van der Waals surface area contributed by atoms with Gasteiger partial charge in [0.15, 0.2) is 0 Å². The molecule has 1 saturated heterocycles. The molecule has 1 aliphatic carbocycles. The molecule has 5 nitrogen and oxygen atoms in total. The number of nitrogens with one attached hydrogen (secondary N) is 3. The summed E-state index contributed by atoms with van der Waals surface area (Å²) in [5.74, 6) is 0.283. The van der Waals surface area contributed by atoms with E-state index in [2.05, 4.69) is 29.8 Å². The molecule has 3 N–H and O–H groups in total. The van der Waals surface area contributed by atoms with E-state index in [9.17, 15) is 9.59 Å². The van der Waals surface area contributed by atoms with Crippen molar-refractivity contribution in [2.24, 2.45) is 0 Å². The molecule has 2 aliphatic rings. The Labute approximate surface area is 143 Å². The summed E-state index contributed by atoms with van der Waals surface area (Å²) in [6.07, 6.45) is 4.62. The average Bonchev–Trinajstić information content (AvgIpc) is 2.56. The van der Waals surface area contributed by atoms with E-state index >= 15 is 0 Å². The number of rotatable bonds is 4. The smallest absolute Gasteiger partial charge is 0.237 e. The van der Waals surface area contributed by atoms with Crippen molar-refractivity contribution < 1.29 is 9.59 Å². The first-order chi connectivity index (χ1) is 11.5. The Morgan fingerprint density at radius 2 is 1.83 bits per heavy atom. The highest BCUT2D eigenvalue weighted by Gasteiger charge is 2.36. The van der Waals surface area contributed by atoms with Gasteiger partial charge in [-0.1, -0.05) is 38.8 Å². The second-order valence-electron chi connectivity index (χ2n) is 7.25. The molecule has 0 unspecified atom stereocenters. The van der Waals surface area contributed by atoms with Crippen LogP contribution in [-0.4, -0.2) is 29.9 Å². The lowest BCUT2D eigenvalue weighted by Crippen LogP contribution is -2.65. The Bertz CT molecular complexity index is 597. The minimum Gasteiger partial charge on any atom is -0.350 e. The van der Waals surface area contributed by atoms with Crippen LogP contribution in [0.25, 0.3) is 0 Å². The Kier molecular flexibility index (Phi) is 5.19. The van der Waals surface area contributed by atoms with Crippen LogP contribution in [0.2, 0.25) is 0 Å². The zero-order valence-electron chi connectivity index (χ0n) is 14.5. The quantitative estimate of drug-likeness (QED) is 0.795. The fraction of sp³-hybridized carbons (Fsp3) is 0.579. The molecule has 0 spiro atoms. The number of fused-ring (bicyclic) bond motifs is 1. The van der Waals surface area contributed by atoms with Gasteiger partial charge in [0.2, 0.25) is 11.8 Å². The molecule has 130 valence electrons. The van der Waals surface area contributed by atoms with Gasteiger partial charge >= 0.3 is 0 Å². The Balaban J connectivity index is 1.55. The number of benzene rings is 1. The third-order valence-electron chi connectivity index (χ3n) is 5.08. The molecule has 3 rings (SSSR count). The molecular formula is C19H27N3O2. The molecule has 0 bridgehead atoms. The van der Waals surface area contributed by atoms with Crippen molar-refractivity contribution >= 4 is 17.5 Å². The summed E-state index contributed by atoms with van der Waals surface area (Å²) in [6, 6.07) is 7.99. The monoisotopic (exact) mass is 329 g/mol. The lowest BCUT2D eigenvalue weighted by Gasteiger charge is -2.40. The normalized spacial score (nSPS) is 26.6. The third-order valence-corrected chi connectivity index (χ3v) is 5.08. The fourth-order valence-corrected chi connectivity index (χ4v) is 3.62. The molecule has 1 aliphatic heterocycles. The molecule has 1 saturated carbocycles. The Morgan fingerprint density at radius 1 is 1.17 bits per heavy atom. The maximum Gasteiger partial charge on any atom is 0.237 e. The van der Waals surface area contributed by atoms with Gasteiger partial charge in [-0.25, -0.2) is 0 Å². The summed E-state index contributed by atoms with van der Waals surface area (Å²) in [4.78, 5) is 24.5. The second-order valence-corrected chi connectivity index (χ2v) is 7.25. The van der Waals surface area contributed by atoms with Crippen molar-refractivity contribution in [3.63, 3.8) is 0 Å². The van der Waals surface area contributed by atoms with Crippen molar-refractivity contribution in [1.29, 1.82) is 0 Å². The van der Waals surface area contributed by atoms with Crippen LogP contribution in [0.15, 0.2) is 24.3 Å². The highest BCUT2D eigenvalue weighted by atomic mass is 16.2. The van der Waals surface area contributed by atoms with Crippen LogP contribution in [0.3, 0.4) is 0 Å². The summed E-state index contributed by atoms with van der Waals surface area (Å²) in [5.41, 5.74) is 2.01. The number of piperazine rings is 1. The van der Waals surface area contributed by atoms with E-state index < -0.39 is 6.04 Å². The second kappa shape index (κ2) is 7.34. The first-order valence-electron chi connectivity index (χ1n) is 8.99. The lowest BCUT2D eigenvalue weighted by molar-refractivity contribution is -0.129. The lowest BCUT2D eigenvalue weighted by atomic mass is 9.87. The van der Waals surface area contributed by atoms with E-state index in [1.54, 1.807) is 0 Å². The third kappa shape index (κ3) is 3.96. The van der Waals surface area contributed by atoms with E-state index in [0.717, 1.165) is 18.5 Å². The zero-order valence-corrected chi connectivity index (χ0v) is 14.5. The van der Waals surface area contributed by atoms with Crippen molar-refractivity contribution in [3.05, 3.63) is 29.8 Å². The molecule has 5 heteroatoms. The minimum atomic E-state index is -0.431. The summed E-state index contributed by atoms with van der Waals surface area (Å²) < 4.78 is 0. The minimum absolute atomic E-state index is 0.0524. The number of anilines is 1. The Morgan fingerprint density at radius 3 is 2.50 bits per heavy atom. The fourth-order valence-electron chi connectivity index (χ4n) is 3.62. The van der Waals surface area contributed by atoms with Crippen LogP contribution in [-0.2, 0) is 9.59 Å². The summed E-state index contributed by atoms with van der Waals surface area (Å²) >= 11 is 0. The van der Waals surface area contributed by atoms with Crippen LogP contribution < -0.4 is 16.0 Å². The first kappa shape index (κ1) is 17.0. The van der Waals surface area contributed by atoms with E-state index in [4.69, 9.17) is 0 Å². The Hall–Kier alpha value is -1.88. The van der Waals surface area contributed by atoms with Gasteiger partial charge < -0.3 is 16.0 Å². The van der Waals surface area contributed by atoms with Gasteiger partial charge in [0.25, 0.3) is 0 Å². The molecule has 1 aromatic carbocycles. The summed E-state index contributed by atoms with van der Waals surface area (Å²) in [5, 5.41) is 9.34. The van der Waals surface area contributed by atoms with Crippen LogP contribution in [0.1, 0.15) is 57.4 Å². The van der Waals surface area contributed by atoms with Crippen LogP contribution in [0.4, 0.5) is 5.69 Å². The van der Waals surface area contributed by atoms with Crippen LogP contribution in [0, 0.1) is 0 Å². The average molecular weight is 329 g/mol. The predicted octanol–water partition coefficient (Wildman–Crippen LogP) is 2.54. The molecule has 2 fully saturated rings. The summed E-state index contributed by atoms with van der Waals surface area (Å²) in [7, 11) is 0. The van der Waals surface area contributed by atoms with E-state index in [1.807, 2.05) is 24.3 Å². The molecule has 3 atom stereocenters. The van der Waals surface area contributed by atoms with E-state index in [-0.39, 0.29) is 24.3 Å². The molecule has 24 heavy (non-hydrogen) atoms. The van der Waals surface area contributed by atoms with Gasteiger partial charge in [-0.15, -0.1) is 0 Å². The van der Waals surface area contributed by atoms with Gasteiger partial charge in [0, 0.05) is 17.8 Å². The van der Waals surface area contributed by atoms with Crippen molar-refractivity contribution in [1.82, 2.24) is 10.6 Å². The van der Waals surface area contributed by atoms with Gasteiger partial charge in [-0.3, -0.25) is 9.59 Å². The molecule has 0 aromatic heterocycles. The number of hydrogen-bond acceptors (Lipinski definition) is 3. The number of carbonyl (C=O) groups is 2. The van der Waals surface area contributed by atoms with Gasteiger partial charge in [0.05, 0.1) is 12.5 Å². The maximum absolute atomic E-state index is 12.3. The highest BCUT2D eigenvalue weighted by Crippen LogP contribution is 2.22. The SMILES string of the molecule is CC(C)c1ccc(NC(=O)C[C@@H]2N[C@@H]3CCCC[C@@H]3NC2=O)cc1. The van der Waals surface area contributed by atoms with Gasteiger partial charge in [0.1, 0.15) is 0 Å². The highest BCUT2D eigenvalue weighted by molar-refractivity contribution is 5.95. The summed E-state index contributed by atoms with van der Waals surface area (Å²) in [6.45, 7) is 4.28. The standard InChI is InChI=1S/C19H27N3O2/c1-12(2)13-7-9-14(10-8-13)20-18(23)11-17-19(24)22-16-6-4-3-5-15(16)21-17/h7-10,12,15-17,21H,3-6,11H2,1-2H3,(H,20,23)(H,22,24)/t15-,16+,17+/m1/s1. The predicted molar refractivity (Wildman–Crippen MR) is 94.9 cm³/mol. The van der Waals surface area contributed by atoms with Crippen molar-refractivity contribution in [2.45, 2.75) is 70.0 Å². The largest absolute Gasteiger partial charge is 0.350 e. The van der Waals surface area contributed by atoms with Crippen molar-refractivity contribution in [2.75, 3.05) is 5.32 Å². The van der Waals surface area contributed by atoms with Crippen molar-refractivity contribution in [3.8, 4) is 0 Å². The molecule has 2 amide bonds. The number of carbonyl (C=O) groups excluding carboxylic acids is 2. The van der Waals surface area contributed by atoms with E-state index in [0.29, 0.717) is 12.0 Å². The van der Waals surface area contributed by atoms with Crippen LogP contribution >= 0.6 is 0 Å². The van der Waals surface area contributed by atoms with E-state index in [1.165, 1.54) is 18.4 Å². The molecular weight excluding hydrogens is 302 g/mol. The maximum atomic E-state index is 12.3. The van der Waals surface area contributed by atoms with Gasteiger partial charge in [-0.2, -0.15) is 0 Å². The first-order valence-corrected chi connectivity index (χ1v) is 8.99. The number of amides is 2. The van der Waals surface area contributed by atoms with Crippen LogP contribution in [0.5, 0.6) is 0 Å². The molecule has 0 radical (unpaired) electrons. The molecule has 1 aromatic rings. The zero-order chi connectivity index (χ0) is 17.1. The topological polar surface area (TPSA) is 70.2 Å². The number of hydrogen-bond donors (Lipinski definition) is 3. The molecule has 1 heterocycles.